The molecule has 3 heteroatoms. The van der Waals surface area contributed by atoms with Crippen LogP contribution in [0.2, 0.25) is 0 Å². The number of carbonyl (C=O) groups excluding carboxylic acids is 1. The Morgan fingerprint density at radius 3 is 2.70 bits per heavy atom. The highest BCUT2D eigenvalue weighted by atomic mass is 79.9. The van der Waals surface area contributed by atoms with Crippen molar-refractivity contribution in [1.82, 2.24) is 4.90 Å². The summed E-state index contributed by atoms with van der Waals surface area (Å²) in [6, 6.07) is 10.5. The lowest BCUT2D eigenvalue weighted by molar-refractivity contribution is -0.130. The first-order valence-electron chi connectivity index (χ1n) is 7.63. The fourth-order valence-electron chi connectivity index (χ4n) is 2.93. The predicted molar refractivity (Wildman–Crippen MR) is 87.2 cm³/mol. The highest BCUT2D eigenvalue weighted by Crippen LogP contribution is 2.25. The number of likely N-dealkylation sites (tertiary alicyclic amines) is 1. The van der Waals surface area contributed by atoms with Gasteiger partial charge in [-0.05, 0) is 24.3 Å². The van der Waals surface area contributed by atoms with Gasteiger partial charge in [0.1, 0.15) is 0 Å². The zero-order chi connectivity index (χ0) is 14.4. The molecule has 1 aliphatic rings. The van der Waals surface area contributed by atoms with Crippen LogP contribution in [0.15, 0.2) is 30.3 Å². The highest BCUT2D eigenvalue weighted by molar-refractivity contribution is 9.09. The second-order valence-corrected chi connectivity index (χ2v) is 6.35. The van der Waals surface area contributed by atoms with Crippen LogP contribution >= 0.6 is 15.9 Å². The van der Waals surface area contributed by atoms with Gasteiger partial charge in [0.15, 0.2) is 0 Å². The molecule has 1 aromatic rings. The maximum absolute atomic E-state index is 12.3. The van der Waals surface area contributed by atoms with Crippen LogP contribution < -0.4 is 0 Å². The third-order valence-corrected chi connectivity index (χ3v) is 5.18. The van der Waals surface area contributed by atoms with Gasteiger partial charge >= 0.3 is 0 Å². The van der Waals surface area contributed by atoms with Gasteiger partial charge in [-0.3, -0.25) is 4.79 Å². The smallest absolute Gasteiger partial charge is 0.222 e. The fourth-order valence-corrected chi connectivity index (χ4v) is 3.51. The van der Waals surface area contributed by atoms with E-state index in [0.717, 1.165) is 43.6 Å². The number of nitrogens with zero attached hydrogens (tertiary/aromatic N) is 1. The molecule has 0 spiro atoms. The van der Waals surface area contributed by atoms with E-state index >= 15 is 0 Å². The number of rotatable bonds is 5. The van der Waals surface area contributed by atoms with Crippen LogP contribution in [0.5, 0.6) is 0 Å². The monoisotopic (exact) mass is 337 g/mol. The zero-order valence-corrected chi connectivity index (χ0v) is 13.8. The Bertz CT molecular complexity index is 420. The van der Waals surface area contributed by atoms with Crippen molar-refractivity contribution in [3.05, 3.63) is 35.9 Å². The minimum absolute atomic E-state index is 0.336. The molecule has 0 aromatic heterocycles. The molecule has 110 valence electrons. The number of halogens is 1. The number of amides is 1. The summed E-state index contributed by atoms with van der Waals surface area (Å²) in [6.45, 7) is 3.99. The van der Waals surface area contributed by atoms with Crippen molar-refractivity contribution < 1.29 is 4.79 Å². The Morgan fingerprint density at radius 2 is 2.05 bits per heavy atom. The lowest BCUT2D eigenvalue weighted by Gasteiger charge is -2.26. The lowest BCUT2D eigenvalue weighted by atomic mass is 9.98. The van der Waals surface area contributed by atoms with Crippen LogP contribution in [-0.4, -0.2) is 29.2 Å². The molecule has 2 unspecified atom stereocenters. The summed E-state index contributed by atoms with van der Waals surface area (Å²) in [5.74, 6) is 1.45. The topological polar surface area (TPSA) is 20.3 Å². The van der Waals surface area contributed by atoms with E-state index in [0.29, 0.717) is 11.8 Å². The molecule has 0 N–H and O–H groups in total. The SMILES string of the molecule is CCC1CCC(=O)N(CC(CBr)c2ccccc2)CC1. The molecule has 0 radical (unpaired) electrons. The number of benzene rings is 1. The van der Waals surface area contributed by atoms with Gasteiger partial charge in [-0.1, -0.05) is 59.6 Å². The summed E-state index contributed by atoms with van der Waals surface area (Å²) < 4.78 is 0. The van der Waals surface area contributed by atoms with E-state index in [-0.39, 0.29) is 0 Å². The van der Waals surface area contributed by atoms with Crippen LogP contribution in [-0.2, 0) is 4.79 Å². The quantitative estimate of drug-likeness (QED) is 0.737. The van der Waals surface area contributed by atoms with Crippen molar-refractivity contribution in [2.24, 2.45) is 5.92 Å². The molecular formula is C17H24BrNO. The zero-order valence-electron chi connectivity index (χ0n) is 12.2. The molecule has 2 atom stereocenters. The standard InChI is InChI=1S/C17H24BrNO/c1-2-14-8-9-17(20)19(11-10-14)13-16(12-18)15-6-4-3-5-7-15/h3-7,14,16H,2,8-13H2,1H3. The number of hydrogen-bond donors (Lipinski definition) is 0. The first kappa shape index (κ1) is 15.6. The normalized spacial score (nSPS) is 21.6. The highest BCUT2D eigenvalue weighted by Gasteiger charge is 2.24. The minimum Gasteiger partial charge on any atom is -0.342 e. The second-order valence-electron chi connectivity index (χ2n) is 5.70. The Morgan fingerprint density at radius 1 is 1.30 bits per heavy atom. The Kier molecular flexibility index (Phi) is 6.08. The first-order valence-corrected chi connectivity index (χ1v) is 8.75. The molecule has 1 amide bonds. The van der Waals surface area contributed by atoms with Gasteiger partial charge in [-0.2, -0.15) is 0 Å². The fraction of sp³-hybridized carbons (Fsp3) is 0.588. The second kappa shape index (κ2) is 7.82. The molecule has 0 aliphatic carbocycles. The van der Waals surface area contributed by atoms with Crippen molar-refractivity contribution in [2.45, 2.75) is 38.5 Å². The summed E-state index contributed by atoms with van der Waals surface area (Å²) in [7, 11) is 0. The number of carbonyl (C=O) groups is 1. The third-order valence-electron chi connectivity index (χ3n) is 4.40. The molecule has 1 aromatic carbocycles. The molecule has 1 aliphatic heterocycles. The van der Waals surface area contributed by atoms with E-state index in [1.807, 2.05) is 6.07 Å². The van der Waals surface area contributed by atoms with Crippen molar-refractivity contribution >= 4 is 21.8 Å². The predicted octanol–water partition coefficient (Wildman–Crippen LogP) is 4.20. The largest absolute Gasteiger partial charge is 0.342 e. The lowest BCUT2D eigenvalue weighted by Crippen LogP contribution is -2.34. The van der Waals surface area contributed by atoms with Gasteiger partial charge in [-0.15, -0.1) is 0 Å². The van der Waals surface area contributed by atoms with E-state index in [4.69, 9.17) is 0 Å². The summed E-state index contributed by atoms with van der Waals surface area (Å²) >= 11 is 3.61. The van der Waals surface area contributed by atoms with Crippen LogP contribution in [0, 0.1) is 5.92 Å². The van der Waals surface area contributed by atoms with E-state index in [1.54, 1.807) is 0 Å². The van der Waals surface area contributed by atoms with Gasteiger partial charge in [0, 0.05) is 30.8 Å². The van der Waals surface area contributed by atoms with Crippen LogP contribution in [0.4, 0.5) is 0 Å². The number of hydrogen-bond acceptors (Lipinski definition) is 1. The van der Waals surface area contributed by atoms with Gasteiger partial charge in [0.05, 0.1) is 0 Å². The van der Waals surface area contributed by atoms with Crippen LogP contribution in [0.3, 0.4) is 0 Å². The van der Waals surface area contributed by atoms with Gasteiger partial charge in [0.25, 0.3) is 0 Å². The maximum Gasteiger partial charge on any atom is 0.222 e. The van der Waals surface area contributed by atoms with Crippen molar-refractivity contribution in [3.8, 4) is 0 Å². The minimum atomic E-state index is 0.336. The Hall–Kier alpha value is -0.830. The summed E-state index contributed by atoms with van der Waals surface area (Å²) in [4.78, 5) is 14.3. The maximum atomic E-state index is 12.3. The Balaban J connectivity index is 2.01. The van der Waals surface area contributed by atoms with Crippen LogP contribution in [0.25, 0.3) is 0 Å². The molecule has 1 heterocycles. The molecule has 20 heavy (non-hydrogen) atoms. The van der Waals surface area contributed by atoms with Gasteiger partial charge < -0.3 is 4.90 Å². The van der Waals surface area contributed by atoms with E-state index < -0.39 is 0 Å². The van der Waals surface area contributed by atoms with E-state index in [1.165, 1.54) is 12.0 Å². The van der Waals surface area contributed by atoms with Crippen molar-refractivity contribution in [1.29, 1.82) is 0 Å². The number of alkyl halides is 1. The first-order chi connectivity index (χ1) is 9.74. The molecular weight excluding hydrogens is 314 g/mol. The van der Waals surface area contributed by atoms with Crippen LogP contribution in [0.1, 0.15) is 44.1 Å². The van der Waals surface area contributed by atoms with Gasteiger partial charge in [-0.25, -0.2) is 0 Å². The summed E-state index contributed by atoms with van der Waals surface area (Å²) in [5, 5.41) is 0.901. The molecule has 0 bridgehead atoms. The van der Waals surface area contributed by atoms with Crippen molar-refractivity contribution in [3.63, 3.8) is 0 Å². The average Bonchev–Trinajstić information content (AvgIpc) is 2.67. The molecule has 0 saturated carbocycles. The third kappa shape index (κ3) is 4.08. The summed E-state index contributed by atoms with van der Waals surface area (Å²) in [5.41, 5.74) is 1.31. The Labute approximate surface area is 130 Å². The molecule has 2 nitrogen and oxygen atoms in total. The average molecular weight is 338 g/mol. The molecule has 2 rings (SSSR count). The molecule has 1 fully saturated rings. The van der Waals surface area contributed by atoms with E-state index in [2.05, 4.69) is 52.0 Å². The summed E-state index contributed by atoms with van der Waals surface area (Å²) in [6.07, 6.45) is 4.15. The van der Waals surface area contributed by atoms with Crippen molar-refractivity contribution in [2.75, 3.05) is 18.4 Å². The van der Waals surface area contributed by atoms with E-state index in [9.17, 15) is 4.79 Å². The molecule has 1 saturated heterocycles. The van der Waals surface area contributed by atoms with Gasteiger partial charge in [0.2, 0.25) is 5.91 Å².